The molecule has 144 valence electrons. The van der Waals surface area contributed by atoms with Gasteiger partial charge in [0.1, 0.15) is 11.3 Å². The van der Waals surface area contributed by atoms with Gasteiger partial charge in [-0.05, 0) is 48.9 Å². The van der Waals surface area contributed by atoms with Gasteiger partial charge in [-0.15, -0.1) is 0 Å². The third-order valence-electron chi connectivity index (χ3n) is 5.88. The fraction of sp³-hybridized carbons (Fsp3) is 0.0769. The predicted molar refractivity (Wildman–Crippen MR) is 120 cm³/mol. The molecule has 30 heavy (non-hydrogen) atoms. The van der Waals surface area contributed by atoms with Gasteiger partial charge in [0, 0.05) is 17.0 Å². The molecule has 4 heteroatoms. The molecule has 0 amide bonds. The smallest absolute Gasteiger partial charge is 0.298 e. The summed E-state index contributed by atoms with van der Waals surface area (Å²) >= 11 is 0. The van der Waals surface area contributed by atoms with E-state index in [4.69, 9.17) is 4.42 Å². The maximum Gasteiger partial charge on any atom is 0.298 e. The van der Waals surface area contributed by atoms with E-state index in [2.05, 4.69) is 94.8 Å². The molecule has 6 aromatic rings. The van der Waals surface area contributed by atoms with Gasteiger partial charge in [-0.25, -0.2) is 9.55 Å². The number of hydrogen-bond donors (Lipinski definition) is 0. The van der Waals surface area contributed by atoms with Gasteiger partial charge in [-0.2, -0.15) is 4.57 Å². The maximum absolute atomic E-state index is 6.32. The van der Waals surface area contributed by atoms with Crippen LogP contribution >= 0.6 is 0 Å². The Labute approximate surface area is 173 Å². The largest absolute Gasteiger partial charge is 0.437 e. The second kappa shape index (κ2) is 6.29. The minimum atomic E-state index is 0.671. The maximum atomic E-state index is 6.32. The first-order valence-corrected chi connectivity index (χ1v) is 10.1. The zero-order chi connectivity index (χ0) is 20.2. The summed E-state index contributed by atoms with van der Waals surface area (Å²) in [4.78, 5) is 4.45. The number of imidazole rings is 1. The Hall–Kier alpha value is -3.92. The van der Waals surface area contributed by atoms with E-state index in [1.165, 1.54) is 5.52 Å². The Morgan fingerprint density at radius 1 is 0.833 bits per heavy atom. The molecule has 0 N–H and O–H groups in total. The zero-order valence-electron chi connectivity index (χ0n) is 16.8. The molecular formula is C26H20N3O+. The normalized spacial score (nSPS) is 11.7. The Morgan fingerprint density at radius 2 is 1.63 bits per heavy atom. The fourth-order valence-electron chi connectivity index (χ4n) is 4.48. The Balaban J connectivity index is 1.82. The van der Waals surface area contributed by atoms with E-state index in [1.54, 1.807) is 6.20 Å². The van der Waals surface area contributed by atoms with Crippen molar-refractivity contribution in [3.05, 3.63) is 90.6 Å². The van der Waals surface area contributed by atoms with Crippen LogP contribution < -0.4 is 4.57 Å². The minimum Gasteiger partial charge on any atom is -0.437 e. The van der Waals surface area contributed by atoms with Crippen LogP contribution in [0.2, 0.25) is 0 Å². The van der Waals surface area contributed by atoms with Crippen LogP contribution in [-0.4, -0.2) is 9.55 Å². The summed E-state index contributed by atoms with van der Waals surface area (Å²) in [6.07, 6.45) is 1.78. The lowest BCUT2D eigenvalue weighted by atomic mass is 10.0. The standard InChI is InChI=1S/C26H20N3O/c1-17-14-15-19-20-11-8-16-27-25(20)30-24(19)23(17)26-28(2)21-12-6-7-13-22(21)29(26)18-9-4-3-5-10-18/h3-16H,1-2H3/q+1. The number of aryl methyl sites for hydroxylation is 2. The molecule has 6 rings (SSSR count). The number of fused-ring (bicyclic) bond motifs is 4. The van der Waals surface area contributed by atoms with Crippen LogP contribution in [0.1, 0.15) is 5.56 Å². The molecule has 0 aliphatic heterocycles. The first-order chi connectivity index (χ1) is 14.7. The third-order valence-corrected chi connectivity index (χ3v) is 5.88. The summed E-state index contributed by atoms with van der Waals surface area (Å²) in [5, 5.41) is 2.13. The second-order valence-corrected chi connectivity index (χ2v) is 7.63. The lowest BCUT2D eigenvalue weighted by Crippen LogP contribution is -2.30. The van der Waals surface area contributed by atoms with Crippen molar-refractivity contribution in [1.29, 1.82) is 0 Å². The summed E-state index contributed by atoms with van der Waals surface area (Å²) in [7, 11) is 2.12. The molecule has 0 saturated heterocycles. The van der Waals surface area contributed by atoms with Crippen molar-refractivity contribution in [2.24, 2.45) is 7.05 Å². The SMILES string of the molecule is Cc1ccc2c(oc3ncccc32)c1-c1n(-c2ccccc2)c2ccccc2[n+]1C. The van der Waals surface area contributed by atoms with Crippen LogP contribution in [0.5, 0.6) is 0 Å². The molecule has 3 aromatic heterocycles. The first kappa shape index (κ1) is 17.0. The predicted octanol–water partition coefficient (Wildman–Crippen LogP) is 5.72. The third kappa shape index (κ3) is 2.28. The van der Waals surface area contributed by atoms with Crippen LogP contribution in [-0.2, 0) is 7.05 Å². The Kier molecular flexibility index (Phi) is 3.56. The van der Waals surface area contributed by atoms with E-state index in [9.17, 15) is 0 Å². The van der Waals surface area contributed by atoms with Crippen LogP contribution in [0, 0.1) is 6.92 Å². The fourth-order valence-corrected chi connectivity index (χ4v) is 4.48. The van der Waals surface area contributed by atoms with Crippen molar-refractivity contribution in [1.82, 2.24) is 9.55 Å². The van der Waals surface area contributed by atoms with Crippen molar-refractivity contribution >= 4 is 33.1 Å². The van der Waals surface area contributed by atoms with Crippen LogP contribution in [0.3, 0.4) is 0 Å². The van der Waals surface area contributed by atoms with Crippen LogP contribution in [0.15, 0.2) is 89.5 Å². The molecule has 3 aromatic carbocycles. The highest BCUT2D eigenvalue weighted by Gasteiger charge is 2.30. The number of furan rings is 1. The molecule has 0 aliphatic carbocycles. The van der Waals surface area contributed by atoms with Gasteiger partial charge < -0.3 is 4.42 Å². The quantitative estimate of drug-likeness (QED) is 0.354. The molecule has 0 bridgehead atoms. The molecule has 0 unspecified atom stereocenters. The van der Waals surface area contributed by atoms with Crippen molar-refractivity contribution in [3.8, 4) is 17.1 Å². The molecule has 4 nitrogen and oxygen atoms in total. The highest BCUT2D eigenvalue weighted by molar-refractivity contribution is 6.08. The molecule has 0 spiro atoms. The molecule has 0 atom stereocenters. The van der Waals surface area contributed by atoms with Crippen LogP contribution in [0.4, 0.5) is 0 Å². The van der Waals surface area contributed by atoms with E-state index in [1.807, 2.05) is 12.1 Å². The minimum absolute atomic E-state index is 0.671. The highest BCUT2D eigenvalue weighted by Crippen LogP contribution is 2.38. The number of nitrogens with zero attached hydrogens (tertiary/aromatic N) is 3. The zero-order valence-corrected chi connectivity index (χ0v) is 16.8. The number of aromatic nitrogens is 3. The number of hydrogen-bond acceptors (Lipinski definition) is 2. The summed E-state index contributed by atoms with van der Waals surface area (Å²) < 4.78 is 10.9. The topological polar surface area (TPSA) is 34.8 Å². The summed E-state index contributed by atoms with van der Waals surface area (Å²) in [5.41, 5.74) is 7.25. The summed E-state index contributed by atoms with van der Waals surface area (Å²) in [5.74, 6) is 1.09. The van der Waals surface area contributed by atoms with Crippen molar-refractivity contribution in [2.75, 3.05) is 0 Å². The van der Waals surface area contributed by atoms with E-state index >= 15 is 0 Å². The van der Waals surface area contributed by atoms with Gasteiger partial charge in [0.2, 0.25) is 5.71 Å². The molecular weight excluding hydrogens is 370 g/mol. The molecule has 0 saturated carbocycles. The number of para-hydroxylation sites is 3. The monoisotopic (exact) mass is 390 g/mol. The van der Waals surface area contributed by atoms with Crippen molar-refractivity contribution < 1.29 is 8.98 Å². The van der Waals surface area contributed by atoms with Crippen molar-refractivity contribution in [3.63, 3.8) is 0 Å². The lowest BCUT2D eigenvalue weighted by molar-refractivity contribution is -0.633. The molecule has 0 aliphatic rings. The first-order valence-electron chi connectivity index (χ1n) is 10.1. The van der Waals surface area contributed by atoms with Gasteiger partial charge in [-0.3, -0.25) is 0 Å². The van der Waals surface area contributed by atoms with Gasteiger partial charge in [0.15, 0.2) is 16.6 Å². The molecule has 0 fully saturated rings. The highest BCUT2D eigenvalue weighted by atomic mass is 16.3. The van der Waals surface area contributed by atoms with E-state index in [0.717, 1.165) is 44.5 Å². The van der Waals surface area contributed by atoms with Crippen LogP contribution in [0.25, 0.3) is 50.2 Å². The van der Waals surface area contributed by atoms with Crippen molar-refractivity contribution in [2.45, 2.75) is 6.92 Å². The van der Waals surface area contributed by atoms with E-state index in [-0.39, 0.29) is 0 Å². The van der Waals surface area contributed by atoms with Gasteiger partial charge >= 0.3 is 0 Å². The Bertz CT molecular complexity index is 1560. The summed E-state index contributed by atoms with van der Waals surface area (Å²) in [6.45, 7) is 2.14. The number of pyridine rings is 1. The van der Waals surface area contributed by atoms with Gasteiger partial charge in [0.25, 0.3) is 5.82 Å². The average molecular weight is 390 g/mol. The van der Waals surface area contributed by atoms with Gasteiger partial charge in [-0.1, -0.05) is 42.5 Å². The average Bonchev–Trinajstić information content (AvgIpc) is 3.30. The number of benzene rings is 3. The summed E-state index contributed by atoms with van der Waals surface area (Å²) in [6, 6.07) is 27.3. The van der Waals surface area contributed by atoms with Gasteiger partial charge in [0.05, 0.1) is 7.05 Å². The number of rotatable bonds is 2. The molecule has 0 radical (unpaired) electrons. The van der Waals surface area contributed by atoms with E-state index < -0.39 is 0 Å². The molecule has 3 heterocycles. The second-order valence-electron chi connectivity index (χ2n) is 7.63. The lowest BCUT2D eigenvalue weighted by Gasteiger charge is -2.07. The Morgan fingerprint density at radius 3 is 2.50 bits per heavy atom. The van der Waals surface area contributed by atoms with E-state index in [0.29, 0.717) is 5.71 Å².